The Labute approximate surface area is 217 Å². The van der Waals surface area contributed by atoms with Gasteiger partial charge in [-0.15, -0.1) is 0 Å². The second kappa shape index (κ2) is 11.3. The second-order valence-electron chi connectivity index (χ2n) is 9.13. The molecular weight excluding hydrogens is 505 g/mol. The summed E-state index contributed by atoms with van der Waals surface area (Å²) in [5.41, 5.74) is 0.928. The fourth-order valence-corrected chi connectivity index (χ4v) is 6.29. The summed E-state index contributed by atoms with van der Waals surface area (Å²) >= 11 is 11.9. The normalized spacial score (nSPS) is 18.5. The number of anilines is 2. The molecule has 7 nitrogen and oxygen atoms in total. The molecule has 1 fully saturated rings. The Bertz CT molecular complexity index is 1260. The SMILES string of the molecule is CCN(C)c1nc(NCC2CCC(CNS(=O)(=O)c3cc(Cl)cc(Cl)c3)CC2)nc2ccccc12. The predicted molar refractivity (Wildman–Crippen MR) is 144 cm³/mol. The number of hydrogen-bond acceptors (Lipinski definition) is 6. The van der Waals surface area contributed by atoms with Gasteiger partial charge in [0.05, 0.1) is 10.4 Å². The first-order valence-electron chi connectivity index (χ1n) is 11.9. The molecule has 1 saturated carbocycles. The second-order valence-corrected chi connectivity index (χ2v) is 11.8. The van der Waals surface area contributed by atoms with Crippen molar-refractivity contribution in [1.82, 2.24) is 14.7 Å². The van der Waals surface area contributed by atoms with E-state index in [0.717, 1.165) is 55.5 Å². The molecule has 0 saturated heterocycles. The highest BCUT2D eigenvalue weighted by Crippen LogP contribution is 2.30. The summed E-state index contributed by atoms with van der Waals surface area (Å²) in [6.07, 6.45) is 3.98. The summed E-state index contributed by atoms with van der Waals surface area (Å²) in [5.74, 6) is 2.38. The first kappa shape index (κ1) is 25.9. The molecule has 3 aromatic rings. The first-order chi connectivity index (χ1) is 16.7. The van der Waals surface area contributed by atoms with Crippen LogP contribution in [0.15, 0.2) is 47.4 Å². The van der Waals surface area contributed by atoms with Gasteiger partial charge in [-0.2, -0.15) is 4.98 Å². The molecule has 2 aromatic carbocycles. The molecule has 0 amide bonds. The molecule has 0 spiro atoms. The minimum atomic E-state index is -3.65. The van der Waals surface area contributed by atoms with Crippen molar-refractivity contribution in [3.63, 3.8) is 0 Å². The van der Waals surface area contributed by atoms with E-state index in [1.54, 1.807) is 0 Å². The summed E-state index contributed by atoms with van der Waals surface area (Å²) in [6.45, 7) is 4.17. The van der Waals surface area contributed by atoms with Gasteiger partial charge < -0.3 is 10.2 Å². The molecule has 1 aromatic heterocycles. The standard InChI is InChI=1S/C25H31Cl2N5O2S/c1-3-32(2)24-22-6-4-5-7-23(22)30-25(31-24)28-15-17-8-10-18(11-9-17)16-29-35(33,34)21-13-19(26)12-20(27)14-21/h4-7,12-14,17-18,29H,3,8-11,15-16H2,1-2H3,(H,28,30,31). The lowest BCUT2D eigenvalue weighted by Crippen LogP contribution is -2.32. The fourth-order valence-electron chi connectivity index (χ4n) is 4.45. The molecule has 2 N–H and O–H groups in total. The van der Waals surface area contributed by atoms with Gasteiger partial charge in [-0.05, 0) is 74.8 Å². The molecule has 35 heavy (non-hydrogen) atoms. The number of fused-ring (bicyclic) bond motifs is 1. The van der Waals surface area contributed by atoms with Gasteiger partial charge in [-0.25, -0.2) is 18.1 Å². The molecule has 0 bridgehead atoms. The molecule has 4 rings (SSSR count). The summed E-state index contributed by atoms with van der Waals surface area (Å²) in [4.78, 5) is 11.7. The van der Waals surface area contributed by atoms with Crippen molar-refractivity contribution in [1.29, 1.82) is 0 Å². The number of nitrogens with one attached hydrogen (secondary N) is 2. The van der Waals surface area contributed by atoms with Gasteiger partial charge in [-0.3, -0.25) is 0 Å². The Morgan fingerprint density at radius 3 is 2.26 bits per heavy atom. The van der Waals surface area contributed by atoms with E-state index in [0.29, 0.717) is 34.4 Å². The molecule has 1 heterocycles. The maximum Gasteiger partial charge on any atom is 0.240 e. The summed E-state index contributed by atoms with van der Waals surface area (Å²) in [5, 5.41) is 5.09. The van der Waals surface area contributed by atoms with Crippen molar-refractivity contribution in [3.05, 3.63) is 52.5 Å². The lowest BCUT2D eigenvalue weighted by molar-refractivity contribution is 0.284. The van der Waals surface area contributed by atoms with Gasteiger partial charge in [0.25, 0.3) is 0 Å². The van der Waals surface area contributed by atoms with Crippen molar-refractivity contribution in [3.8, 4) is 0 Å². The van der Waals surface area contributed by atoms with E-state index in [1.807, 2.05) is 25.2 Å². The number of halogens is 2. The van der Waals surface area contributed by atoms with Crippen LogP contribution in [-0.2, 0) is 10.0 Å². The van der Waals surface area contributed by atoms with Crippen molar-refractivity contribution in [2.24, 2.45) is 11.8 Å². The number of benzene rings is 2. The van der Waals surface area contributed by atoms with Crippen LogP contribution in [0.2, 0.25) is 10.0 Å². The molecule has 188 valence electrons. The van der Waals surface area contributed by atoms with Crippen LogP contribution in [0, 0.1) is 11.8 Å². The summed E-state index contributed by atoms with van der Waals surface area (Å²) in [6, 6.07) is 12.4. The zero-order chi connectivity index (χ0) is 25.0. The van der Waals surface area contributed by atoms with Crippen LogP contribution in [0.5, 0.6) is 0 Å². The molecule has 10 heteroatoms. The van der Waals surface area contributed by atoms with Gasteiger partial charge in [-0.1, -0.05) is 35.3 Å². The molecule has 0 aliphatic heterocycles. The highest BCUT2D eigenvalue weighted by Gasteiger charge is 2.24. The Balaban J connectivity index is 1.30. The fraction of sp³-hybridized carbons (Fsp3) is 0.440. The first-order valence-corrected chi connectivity index (χ1v) is 14.2. The Morgan fingerprint density at radius 1 is 0.971 bits per heavy atom. The maximum atomic E-state index is 12.6. The van der Waals surface area contributed by atoms with E-state index >= 15 is 0 Å². The van der Waals surface area contributed by atoms with E-state index in [-0.39, 0.29) is 4.90 Å². The molecule has 1 aliphatic rings. The number of nitrogens with zero attached hydrogens (tertiary/aromatic N) is 3. The Morgan fingerprint density at radius 2 is 1.60 bits per heavy atom. The third-order valence-electron chi connectivity index (χ3n) is 6.64. The van der Waals surface area contributed by atoms with Crippen LogP contribution in [0.25, 0.3) is 10.9 Å². The average Bonchev–Trinajstić information content (AvgIpc) is 2.85. The van der Waals surface area contributed by atoms with Crippen molar-refractivity contribution in [2.75, 3.05) is 36.9 Å². The van der Waals surface area contributed by atoms with Crippen molar-refractivity contribution in [2.45, 2.75) is 37.5 Å². The van der Waals surface area contributed by atoms with E-state index in [2.05, 4.69) is 27.9 Å². The molecule has 0 unspecified atom stereocenters. The lowest BCUT2D eigenvalue weighted by atomic mass is 9.82. The van der Waals surface area contributed by atoms with Gasteiger partial charge in [0.2, 0.25) is 16.0 Å². The third kappa shape index (κ3) is 6.55. The van der Waals surface area contributed by atoms with Gasteiger partial charge in [0, 0.05) is 42.1 Å². The number of rotatable bonds is 9. The minimum absolute atomic E-state index is 0.0939. The number of para-hydroxylation sites is 1. The van der Waals surface area contributed by atoms with E-state index < -0.39 is 10.0 Å². The van der Waals surface area contributed by atoms with Gasteiger partial charge >= 0.3 is 0 Å². The maximum absolute atomic E-state index is 12.6. The smallest absolute Gasteiger partial charge is 0.240 e. The lowest BCUT2D eigenvalue weighted by Gasteiger charge is -2.29. The van der Waals surface area contributed by atoms with Gasteiger partial charge in [0.1, 0.15) is 5.82 Å². The van der Waals surface area contributed by atoms with Gasteiger partial charge in [0.15, 0.2) is 0 Å². The molecule has 1 aliphatic carbocycles. The van der Waals surface area contributed by atoms with E-state index in [1.165, 1.54) is 18.2 Å². The summed E-state index contributed by atoms with van der Waals surface area (Å²) < 4.78 is 28.0. The van der Waals surface area contributed by atoms with E-state index in [4.69, 9.17) is 33.2 Å². The number of hydrogen-bond donors (Lipinski definition) is 2. The van der Waals surface area contributed by atoms with Crippen LogP contribution in [-0.4, -0.2) is 45.1 Å². The quantitative estimate of drug-likeness (QED) is 0.371. The van der Waals surface area contributed by atoms with Crippen molar-refractivity contribution >= 4 is 55.9 Å². The number of aromatic nitrogens is 2. The zero-order valence-electron chi connectivity index (χ0n) is 20.0. The Kier molecular flexibility index (Phi) is 8.37. The van der Waals surface area contributed by atoms with Crippen LogP contribution in [0.1, 0.15) is 32.6 Å². The third-order valence-corrected chi connectivity index (χ3v) is 8.48. The van der Waals surface area contributed by atoms with Crippen LogP contribution in [0.4, 0.5) is 11.8 Å². The molecule has 0 atom stereocenters. The van der Waals surface area contributed by atoms with E-state index in [9.17, 15) is 8.42 Å². The van der Waals surface area contributed by atoms with Crippen LogP contribution >= 0.6 is 23.2 Å². The van der Waals surface area contributed by atoms with Crippen LogP contribution in [0.3, 0.4) is 0 Å². The Hall–Kier alpha value is -2.13. The highest BCUT2D eigenvalue weighted by molar-refractivity contribution is 7.89. The number of sulfonamides is 1. The minimum Gasteiger partial charge on any atom is -0.359 e. The molecular formula is C25H31Cl2N5O2S. The monoisotopic (exact) mass is 535 g/mol. The molecule has 0 radical (unpaired) electrons. The highest BCUT2D eigenvalue weighted by atomic mass is 35.5. The summed E-state index contributed by atoms with van der Waals surface area (Å²) in [7, 11) is -1.61. The largest absolute Gasteiger partial charge is 0.359 e. The van der Waals surface area contributed by atoms with Crippen molar-refractivity contribution < 1.29 is 8.42 Å². The predicted octanol–water partition coefficient (Wildman–Crippen LogP) is 5.59. The average molecular weight is 537 g/mol. The topological polar surface area (TPSA) is 87.2 Å². The van der Waals surface area contributed by atoms with Crippen LogP contribution < -0.4 is 14.9 Å². The zero-order valence-corrected chi connectivity index (χ0v) is 22.3.